The number of hydrogen-bond donors (Lipinski definition) is 0. The van der Waals surface area contributed by atoms with Crippen molar-refractivity contribution in [1.82, 2.24) is 14.8 Å². The van der Waals surface area contributed by atoms with Crippen LogP contribution in [0.15, 0.2) is 41.4 Å². The van der Waals surface area contributed by atoms with Gasteiger partial charge in [0.2, 0.25) is 0 Å². The molecule has 0 aromatic carbocycles. The zero-order chi connectivity index (χ0) is 14.5. The smallest absolute Gasteiger partial charge is 0.0329 e. The van der Waals surface area contributed by atoms with E-state index in [0.29, 0.717) is 6.04 Å². The standard InChI is InChI=1S/C17H23N3S/c1-15(17-5-12-21-14-17)20-10-8-19(9-11-20)7-4-16-3-2-6-18-13-16/h2-3,5-6,12-15H,4,7-11H2,1H3. The Morgan fingerprint density at radius 1 is 1.24 bits per heavy atom. The van der Waals surface area contributed by atoms with Gasteiger partial charge >= 0.3 is 0 Å². The maximum absolute atomic E-state index is 4.19. The maximum atomic E-state index is 4.19. The number of piperazine rings is 1. The molecule has 2 aromatic heterocycles. The van der Waals surface area contributed by atoms with E-state index in [1.807, 2.05) is 18.5 Å². The average molecular weight is 301 g/mol. The van der Waals surface area contributed by atoms with E-state index in [2.05, 4.69) is 44.6 Å². The highest BCUT2D eigenvalue weighted by Gasteiger charge is 2.21. The lowest BCUT2D eigenvalue weighted by Crippen LogP contribution is -2.47. The Labute approximate surface area is 131 Å². The number of nitrogens with zero attached hydrogens (tertiary/aromatic N) is 3. The summed E-state index contributed by atoms with van der Waals surface area (Å²) in [6, 6.07) is 7.00. The van der Waals surface area contributed by atoms with E-state index in [1.54, 1.807) is 11.3 Å². The molecule has 3 nitrogen and oxygen atoms in total. The molecule has 2 aromatic rings. The predicted octanol–water partition coefficient (Wildman–Crippen LogP) is 3.06. The van der Waals surface area contributed by atoms with Gasteiger partial charge in [-0.05, 0) is 47.4 Å². The highest BCUT2D eigenvalue weighted by Crippen LogP contribution is 2.23. The molecule has 1 aliphatic rings. The molecule has 0 saturated carbocycles. The van der Waals surface area contributed by atoms with Crippen LogP contribution in [0.1, 0.15) is 24.1 Å². The Balaban J connectivity index is 1.45. The fourth-order valence-electron chi connectivity index (χ4n) is 2.93. The van der Waals surface area contributed by atoms with E-state index in [4.69, 9.17) is 0 Å². The van der Waals surface area contributed by atoms with Gasteiger partial charge in [-0.3, -0.25) is 9.88 Å². The summed E-state index contributed by atoms with van der Waals surface area (Å²) < 4.78 is 0. The molecule has 3 heterocycles. The Kier molecular flexibility index (Phi) is 5.01. The van der Waals surface area contributed by atoms with Gasteiger partial charge in [0, 0.05) is 51.2 Å². The van der Waals surface area contributed by atoms with Crippen molar-refractivity contribution >= 4 is 11.3 Å². The molecule has 1 fully saturated rings. The van der Waals surface area contributed by atoms with Crippen molar-refractivity contribution in [3.8, 4) is 0 Å². The zero-order valence-electron chi connectivity index (χ0n) is 12.6. The van der Waals surface area contributed by atoms with Gasteiger partial charge in [-0.15, -0.1) is 0 Å². The number of aromatic nitrogens is 1. The highest BCUT2D eigenvalue weighted by molar-refractivity contribution is 7.07. The number of hydrogen-bond acceptors (Lipinski definition) is 4. The summed E-state index contributed by atoms with van der Waals surface area (Å²) >= 11 is 1.80. The molecule has 1 saturated heterocycles. The summed E-state index contributed by atoms with van der Waals surface area (Å²) in [7, 11) is 0. The lowest BCUT2D eigenvalue weighted by Gasteiger charge is -2.38. The van der Waals surface area contributed by atoms with Gasteiger partial charge in [0.05, 0.1) is 0 Å². The van der Waals surface area contributed by atoms with Crippen molar-refractivity contribution in [1.29, 1.82) is 0 Å². The maximum Gasteiger partial charge on any atom is 0.0329 e. The summed E-state index contributed by atoms with van der Waals surface area (Å²) in [5.74, 6) is 0. The molecular formula is C17H23N3S. The Bertz CT molecular complexity index is 518. The molecule has 1 atom stereocenters. The third kappa shape index (κ3) is 3.90. The second-order valence-electron chi connectivity index (χ2n) is 5.72. The van der Waals surface area contributed by atoms with Crippen molar-refractivity contribution in [2.75, 3.05) is 32.7 Å². The Morgan fingerprint density at radius 2 is 2.10 bits per heavy atom. The van der Waals surface area contributed by atoms with Gasteiger partial charge in [-0.25, -0.2) is 0 Å². The fraction of sp³-hybridized carbons (Fsp3) is 0.471. The van der Waals surface area contributed by atoms with E-state index in [0.717, 1.165) is 13.0 Å². The van der Waals surface area contributed by atoms with Crippen molar-refractivity contribution in [3.63, 3.8) is 0 Å². The van der Waals surface area contributed by atoms with Crippen LogP contribution in [-0.2, 0) is 6.42 Å². The molecule has 0 spiro atoms. The lowest BCUT2D eigenvalue weighted by molar-refractivity contribution is 0.103. The Morgan fingerprint density at radius 3 is 2.76 bits per heavy atom. The molecule has 4 heteroatoms. The molecule has 0 bridgehead atoms. The van der Waals surface area contributed by atoms with Gasteiger partial charge in [-0.2, -0.15) is 11.3 Å². The zero-order valence-corrected chi connectivity index (χ0v) is 13.4. The normalized spacial score (nSPS) is 18.7. The quantitative estimate of drug-likeness (QED) is 0.846. The molecule has 1 unspecified atom stereocenters. The third-order valence-corrected chi connectivity index (χ3v) is 5.12. The monoisotopic (exact) mass is 301 g/mol. The summed E-state index contributed by atoms with van der Waals surface area (Å²) in [6.07, 6.45) is 4.93. The minimum atomic E-state index is 0.553. The van der Waals surface area contributed by atoms with Crippen LogP contribution in [0.5, 0.6) is 0 Å². The molecule has 0 aliphatic carbocycles. The van der Waals surface area contributed by atoms with E-state index in [-0.39, 0.29) is 0 Å². The molecule has 0 amide bonds. The first kappa shape index (κ1) is 14.7. The highest BCUT2D eigenvalue weighted by atomic mass is 32.1. The van der Waals surface area contributed by atoms with Crippen molar-refractivity contribution in [3.05, 3.63) is 52.5 Å². The first-order valence-corrected chi connectivity index (χ1v) is 8.64. The van der Waals surface area contributed by atoms with Crippen molar-refractivity contribution in [2.24, 2.45) is 0 Å². The van der Waals surface area contributed by atoms with Gasteiger partial charge in [0.1, 0.15) is 0 Å². The summed E-state index contributed by atoms with van der Waals surface area (Å²) in [6.45, 7) is 8.16. The fourth-order valence-corrected chi connectivity index (χ4v) is 3.68. The first-order valence-electron chi connectivity index (χ1n) is 7.70. The number of thiophene rings is 1. The van der Waals surface area contributed by atoms with Crippen LogP contribution < -0.4 is 0 Å². The van der Waals surface area contributed by atoms with Crippen molar-refractivity contribution in [2.45, 2.75) is 19.4 Å². The van der Waals surface area contributed by atoms with Gasteiger partial charge in [0.25, 0.3) is 0 Å². The van der Waals surface area contributed by atoms with Crippen molar-refractivity contribution < 1.29 is 0 Å². The number of pyridine rings is 1. The lowest BCUT2D eigenvalue weighted by atomic mass is 10.1. The second kappa shape index (κ2) is 7.16. The molecule has 3 rings (SSSR count). The third-order valence-electron chi connectivity index (χ3n) is 4.42. The van der Waals surface area contributed by atoms with E-state index in [9.17, 15) is 0 Å². The average Bonchev–Trinajstić information content (AvgIpc) is 3.08. The van der Waals surface area contributed by atoms with E-state index in [1.165, 1.54) is 37.3 Å². The summed E-state index contributed by atoms with van der Waals surface area (Å²) in [4.78, 5) is 9.36. The molecule has 0 radical (unpaired) electrons. The minimum Gasteiger partial charge on any atom is -0.300 e. The van der Waals surface area contributed by atoms with Gasteiger partial charge in [0.15, 0.2) is 0 Å². The molecular weight excluding hydrogens is 278 g/mol. The van der Waals surface area contributed by atoms with Crippen LogP contribution in [0.4, 0.5) is 0 Å². The van der Waals surface area contributed by atoms with Crippen LogP contribution in [0.2, 0.25) is 0 Å². The van der Waals surface area contributed by atoms with Gasteiger partial charge in [-0.1, -0.05) is 6.07 Å². The molecule has 21 heavy (non-hydrogen) atoms. The van der Waals surface area contributed by atoms with E-state index < -0.39 is 0 Å². The van der Waals surface area contributed by atoms with Crippen LogP contribution in [0.25, 0.3) is 0 Å². The molecule has 1 aliphatic heterocycles. The van der Waals surface area contributed by atoms with Crippen LogP contribution >= 0.6 is 11.3 Å². The predicted molar refractivity (Wildman–Crippen MR) is 88.7 cm³/mol. The second-order valence-corrected chi connectivity index (χ2v) is 6.50. The largest absolute Gasteiger partial charge is 0.300 e. The summed E-state index contributed by atoms with van der Waals surface area (Å²) in [5.41, 5.74) is 2.80. The summed E-state index contributed by atoms with van der Waals surface area (Å²) in [5, 5.41) is 4.45. The van der Waals surface area contributed by atoms with E-state index >= 15 is 0 Å². The SMILES string of the molecule is CC(c1ccsc1)N1CCN(CCc2cccnc2)CC1. The first-order chi connectivity index (χ1) is 10.3. The van der Waals surface area contributed by atoms with Crippen LogP contribution in [-0.4, -0.2) is 47.5 Å². The molecule has 0 N–H and O–H groups in total. The molecule has 112 valence electrons. The topological polar surface area (TPSA) is 19.4 Å². The van der Waals surface area contributed by atoms with Crippen LogP contribution in [0, 0.1) is 0 Å². The van der Waals surface area contributed by atoms with Gasteiger partial charge < -0.3 is 4.90 Å². The number of rotatable bonds is 5. The van der Waals surface area contributed by atoms with Crippen LogP contribution in [0.3, 0.4) is 0 Å². The minimum absolute atomic E-state index is 0.553. The Hall–Kier alpha value is -1.23.